The summed E-state index contributed by atoms with van der Waals surface area (Å²) in [5.41, 5.74) is 5.90. The van der Waals surface area contributed by atoms with Crippen LogP contribution in [0.25, 0.3) is 10.9 Å². The van der Waals surface area contributed by atoms with Crippen molar-refractivity contribution in [3.8, 4) is 5.75 Å². The van der Waals surface area contributed by atoms with Crippen LogP contribution < -0.4 is 26.4 Å². The first-order valence-electron chi connectivity index (χ1n) is 12.4. The van der Waals surface area contributed by atoms with Gasteiger partial charge in [-0.15, -0.1) is 0 Å². The molecule has 0 saturated carbocycles. The summed E-state index contributed by atoms with van der Waals surface area (Å²) in [7, 11) is 1.53. The van der Waals surface area contributed by atoms with Crippen LogP contribution in [-0.2, 0) is 11.2 Å². The van der Waals surface area contributed by atoms with Crippen LogP contribution in [0, 0.1) is 0 Å². The Labute approximate surface area is 240 Å². The number of halogens is 2. The molecule has 0 aliphatic heterocycles. The summed E-state index contributed by atoms with van der Waals surface area (Å²) >= 11 is 12.8. The number of anilines is 3. The van der Waals surface area contributed by atoms with E-state index in [-0.39, 0.29) is 24.4 Å². The molecule has 0 bridgehead atoms. The van der Waals surface area contributed by atoms with Crippen molar-refractivity contribution in [2.24, 2.45) is 0 Å². The third kappa shape index (κ3) is 5.88. The van der Waals surface area contributed by atoms with E-state index in [0.717, 1.165) is 11.3 Å². The molecule has 0 atom stereocenters. The lowest BCUT2D eigenvalue weighted by molar-refractivity contribution is -0.114. The second-order valence-corrected chi connectivity index (χ2v) is 9.64. The number of benzene rings is 4. The standard InChI is InChI=1S/C30H25Cl2N5O3/c1-40-26-16-7-6-15-25(26)35-28(38)18-33-37-27(34-24-14-5-3-10-20(24)30(37)39)17-19-9-2-4-13-23(19)36-29-21(31)11-8-12-22(29)32/h2-16,33,36H,17-18H2,1H3,(H,35,38). The number of rotatable bonds is 9. The predicted octanol–water partition coefficient (Wildman–Crippen LogP) is 6.23. The average Bonchev–Trinajstić information content (AvgIpc) is 2.96. The predicted molar refractivity (Wildman–Crippen MR) is 161 cm³/mol. The zero-order chi connectivity index (χ0) is 28.1. The molecule has 202 valence electrons. The molecular weight excluding hydrogens is 549 g/mol. The van der Waals surface area contributed by atoms with Crippen LogP contribution in [0.3, 0.4) is 0 Å². The van der Waals surface area contributed by atoms with Gasteiger partial charge < -0.3 is 20.8 Å². The van der Waals surface area contributed by atoms with E-state index in [1.165, 1.54) is 11.8 Å². The SMILES string of the molecule is COc1ccccc1NC(=O)CNn1c(Cc2ccccc2Nc2c(Cl)cccc2Cl)nc2ccccc2c1=O. The van der Waals surface area contributed by atoms with Crippen molar-refractivity contribution in [1.29, 1.82) is 0 Å². The number of methoxy groups -OCH3 is 1. The van der Waals surface area contributed by atoms with Crippen molar-refractivity contribution in [2.45, 2.75) is 6.42 Å². The molecule has 40 heavy (non-hydrogen) atoms. The lowest BCUT2D eigenvalue weighted by atomic mass is 10.1. The van der Waals surface area contributed by atoms with Crippen LogP contribution >= 0.6 is 23.2 Å². The van der Waals surface area contributed by atoms with Gasteiger partial charge in [-0.2, -0.15) is 0 Å². The van der Waals surface area contributed by atoms with Gasteiger partial charge in [0.05, 0.1) is 39.4 Å². The van der Waals surface area contributed by atoms with Crippen LogP contribution in [-0.4, -0.2) is 29.2 Å². The van der Waals surface area contributed by atoms with Gasteiger partial charge in [0, 0.05) is 12.1 Å². The maximum Gasteiger partial charge on any atom is 0.279 e. The van der Waals surface area contributed by atoms with Gasteiger partial charge in [0.2, 0.25) is 5.91 Å². The second kappa shape index (κ2) is 12.1. The third-order valence-electron chi connectivity index (χ3n) is 6.21. The third-order valence-corrected chi connectivity index (χ3v) is 6.84. The first kappa shape index (κ1) is 27.1. The van der Waals surface area contributed by atoms with Crippen LogP contribution in [0.1, 0.15) is 11.4 Å². The monoisotopic (exact) mass is 573 g/mol. The molecule has 1 amide bonds. The number of nitrogens with one attached hydrogen (secondary N) is 3. The normalized spacial score (nSPS) is 10.8. The maximum absolute atomic E-state index is 13.5. The average molecular weight is 574 g/mol. The van der Waals surface area contributed by atoms with Gasteiger partial charge in [0.25, 0.3) is 5.56 Å². The fourth-order valence-corrected chi connectivity index (χ4v) is 4.76. The molecular formula is C30H25Cl2N5O3. The summed E-state index contributed by atoms with van der Waals surface area (Å²) in [6.07, 6.45) is 0.270. The Kier molecular flexibility index (Phi) is 8.19. The van der Waals surface area contributed by atoms with E-state index in [0.29, 0.717) is 43.9 Å². The molecule has 0 spiro atoms. The molecule has 10 heteroatoms. The number of ether oxygens (including phenoxy) is 1. The summed E-state index contributed by atoms with van der Waals surface area (Å²) in [5, 5.41) is 7.50. The van der Waals surface area contributed by atoms with Crippen LogP contribution in [0.15, 0.2) is 95.8 Å². The fraction of sp³-hybridized carbons (Fsp3) is 0.100. The van der Waals surface area contributed by atoms with Crippen LogP contribution in [0.5, 0.6) is 5.75 Å². The minimum Gasteiger partial charge on any atom is -0.495 e. The lowest BCUT2D eigenvalue weighted by Crippen LogP contribution is -2.37. The molecule has 0 unspecified atom stereocenters. The van der Waals surface area contributed by atoms with Crippen molar-refractivity contribution >= 4 is 57.1 Å². The molecule has 0 aliphatic carbocycles. The number of para-hydroxylation sites is 5. The largest absolute Gasteiger partial charge is 0.495 e. The molecule has 3 N–H and O–H groups in total. The molecule has 1 aromatic heterocycles. The van der Waals surface area contributed by atoms with Gasteiger partial charge >= 0.3 is 0 Å². The minimum atomic E-state index is -0.356. The lowest BCUT2D eigenvalue weighted by Gasteiger charge is -2.18. The summed E-state index contributed by atoms with van der Waals surface area (Å²) in [6, 6.07) is 27.1. The molecule has 1 heterocycles. The van der Waals surface area contributed by atoms with Crippen molar-refractivity contribution in [3.05, 3.63) is 123 Å². The molecule has 0 radical (unpaired) electrons. The van der Waals surface area contributed by atoms with E-state index in [9.17, 15) is 9.59 Å². The van der Waals surface area contributed by atoms with Crippen LogP contribution in [0.4, 0.5) is 17.1 Å². The van der Waals surface area contributed by atoms with Crippen molar-refractivity contribution in [3.63, 3.8) is 0 Å². The highest BCUT2D eigenvalue weighted by Gasteiger charge is 2.16. The molecule has 5 aromatic rings. The first-order chi connectivity index (χ1) is 19.4. The topological polar surface area (TPSA) is 97.3 Å². The van der Waals surface area contributed by atoms with Crippen molar-refractivity contribution in [1.82, 2.24) is 9.66 Å². The highest BCUT2D eigenvalue weighted by Crippen LogP contribution is 2.34. The van der Waals surface area contributed by atoms with Gasteiger partial charge in [0.15, 0.2) is 0 Å². The smallest absolute Gasteiger partial charge is 0.279 e. The highest BCUT2D eigenvalue weighted by molar-refractivity contribution is 6.39. The van der Waals surface area contributed by atoms with Gasteiger partial charge in [-0.3, -0.25) is 9.59 Å². The van der Waals surface area contributed by atoms with Crippen molar-refractivity contribution in [2.75, 3.05) is 29.7 Å². The van der Waals surface area contributed by atoms with E-state index < -0.39 is 0 Å². The zero-order valence-electron chi connectivity index (χ0n) is 21.4. The summed E-state index contributed by atoms with van der Waals surface area (Å²) in [4.78, 5) is 31.1. The number of fused-ring (bicyclic) bond motifs is 1. The second-order valence-electron chi connectivity index (χ2n) is 8.82. The van der Waals surface area contributed by atoms with E-state index in [1.54, 1.807) is 54.6 Å². The summed E-state index contributed by atoms with van der Waals surface area (Å²) < 4.78 is 6.63. The molecule has 0 fully saturated rings. The van der Waals surface area contributed by atoms with Gasteiger partial charge in [0.1, 0.15) is 18.1 Å². The Morgan fingerprint density at radius 3 is 2.33 bits per heavy atom. The number of aromatic nitrogens is 2. The summed E-state index contributed by atoms with van der Waals surface area (Å²) in [6.45, 7) is -0.180. The van der Waals surface area contributed by atoms with Gasteiger partial charge in [-0.25, -0.2) is 9.66 Å². The van der Waals surface area contributed by atoms with E-state index in [2.05, 4.69) is 16.1 Å². The Hall–Kier alpha value is -4.53. The zero-order valence-corrected chi connectivity index (χ0v) is 23.0. The quantitative estimate of drug-likeness (QED) is 0.193. The van der Waals surface area contributed by atoms with Crippen molar-refractivity contribution < 1.29 is 9.53 Å². The number of hydrogen-bond acceptors (Lipinski definition) is 6. The van der Waals surface area contributed by atoms with E-state index in [4.69, 9.17) is 32.9 Å². The number of amides is 1. The van der Waals surface area contributed by atoms with Gasteiger partial charge in [-0.05, 0) is 48.0 Å². The molecule has 8 nitrogen and oxygen atoms in total. The Balaban J connectivity index is 1.46. The number of nitrogens with zero attached hydrogens (tertiary/aromatic N) is 2. The first-order valence-corrected chi connectivity index (χ1v) is 13.2. The summed E-state index contributed by atoms with van der Waals surface area (Å²) in [5.74, 6) is 0.600. The number of hydrogen-bond donors (Lipinski definition) is 3. The molecule has 0 saturated heterocycles. The Morgan fingerprint density at radius 1 is 0.875 bits per heavy atom. The Bertz CT molecular complexity index is 1740. The fourth-order valence-electron chi connectivity index (χ4n) is 4.27. The highest BCUT2D eigenvalue weighted by atomic mass is 35.5. The number of carbonyl (C=O) groups excluding carboxylic acids is 1. The maximum atomic E-state index is 13.5. The van der Waals surface area contributed by atoms with Crippen LogP contribution in [0.2, 0.25) is 10.0 Å². The molecule has 5 rings (SSSR count). The minimum absolute atomic E-state index is 0.180. The Morgan fingerprint density at radius 2 is 1.55 bits per heavy atom. The molecule has 4 aromatic carbocycles. The number of carbonyl (C=O) groups is 1. The van der Waals surface area contributed by atoms with E-state index in [1.807, 2.05) is 36.4 Å². The van der Waals surface area contributed by atoms with E-state index >= 15 is 0 Å². The molecule has 0 aliphatic rings. The van der Waals surface area contributed by atoms with Gasteiger partial charge in [-0.1, -0.05) is 71.7 Å².